The molecule has 0 N–H and O–H groups in total. The molecule has 0 spiro atoms. The van der Waals surface area contributed by atoms with E-state index in [2.05, 4.69) is 45.9 Å². The molecule has 0 heteroatoms. The minimum atomic E-state index is 0.665. The van der Waals surface area contributed by atoms with Crippen molar-refractivity contribution in [2.24, 2.45) is 5.92 Å². The zero-order valence-corrected chi connectivity index (χ0v) is 8.22. The van der Waals surface area contributed by atoms with Crippen molar-refractivity contribution in [3.63, 3.8) is 0 Å². The molecular weight excluding hydrogens is 132 g/mol. The molecule has 0 aromatic rings. The summed E-state index contributed by atoms with van der Waals surface area (Å²) >= 11 is 0. The van der Waals surface area contributed by atoms with Gasteiger partial charge >= 0.3 is 0 Å². The van der Waals surface area contributed by atoms with Crippen LogP contribution in [0.5, 0.6) is 0 Å². The smallest absolute Gasteiger partial charge is 0.0222 e. The molecule has 64 valence electrons. The van der Waals surface area contributed by atoms with Gasteiger partial charge in [-0.15, -0.1) is 0 Å². The third-order valence-electron chi connectivity index (χ3n) is 1.65. The Morgan fingerprint density at radius 3 is 2.18 bits per heavy atom. The lowest BCUT2D eigenvalue weighted by molar-refractivity contribution is 0.784. The highest BCUT2D eigenvalue weighted by atomic mass is 14.0. The molecule has 0 aliphatic heterocycles. The molecule has 0 aliphatic carbocycles. The summed E-state index contributed by atoms with van der Waals surface area (Å²) in [6.07, 6.45) is 9.04. The van der Waals surface area contributed by atoms with Gasteiger partial charge in [0.2, 0.25) is 0 Å². The third kappa shape index (κ3) is 4.83. The van der Waals surface area contributed by atoms with Crippen molar-refractivity contribution in [1.29, 1.82) is 0 Å². The highest BCUT2D eigenvalue weighted by molar-refractivity contribution is 5.20. The van der Waals surface area contributed by atoms with E-state index < -0.39 is 0 Å². The maximum Gasteiger partial charge on any atom is -0.0222 e. The van der Waals surface area contributed by atoms with Crippen LogP contribution in [-0.4, -0.2) is 0 Å². The van der Waals surface area contributed by atoms with Crippen molar-refractivity contribution in [3.8, 4) is 0 Å². The van der Waals surface area contributed by atoms with E-state index in [0.29, 0.717) is 5.92 Å². The lowest BCUT2D eigenvalue weighted by Crippen LogP contribution is -1.89. The molecular formula is C11H20. The molecule has 0 aromatic heterocycles. The monoisotopic (exact) mass is 152 g/mol. The van der Waals surface area contributed by atoms with Gasteiger partial charge in [0.25, 0.3) is 0 Å². The van der Waals surface area contributed by atoms with Gasteiger partial charge in [-0.05, 0) is 24.3 Å². The first-order chi connectivity index (χ1) is 5.22. The molecule has 11 heavy (non-hydrogen) atoms. The molecule has 0 amide bonds. The minimum Gasteiger partial charge on any atom is -0.0845 e. The number of hydrogen-bond acceptors (Lipinski definition) is 0. The fraction of sp³-hybridized carbons (Fsp3) is 0.636. The van der Waals surface area contributed by atoms with Gasteiger partial charge in [-0.25, -0.2) is 0 Å². The van der Waals surface area contributed by atoms with Gasteiger partial charge in [0.1, 0.15) is 0 Å². The summed E-state index contributed by atoms with van der Waals surface area (Å²) in [5, 5.41) is 0. The van der Waals surface area contributed by atoms with Crippen LogP contribution in [0.1, 0.15) is 40.5 Å². The van der Waals surface area contributed by atoms with Crippen molar-refractivity contribution < 1.29 is 0 Å². The predicted molar refractivity (Wildman–Crippen MR) is 52.6 cm³/mol. The van der Waals surface area contributed by atoms with Gasteiger partial charge in [0.05, 0.1) is 0 Å². The molecule has 0 bridgehead atoms. The Morgan fingerprint density at radius 1 is 1.18 bits per heavy atom. The molecule has 0 aliphatic rings. The second-order valence-electron chi connectivity index (χ2n) is 3.08. The lowest BCUT2D eigenvalue weighted by Gasteiger charge is -2.04. The van der Waals surface area contributed by atoms with Gasteiger partial charge in [-0.2, -0.15) is 0 Å². The molecule has 0 unspecified atom stereocenters. The van der Waals surface area contributed by atoms with Crippen molar-refractivity contribution in [2.75, 3.05) is 0 Å². The Morgan fingerprint density at radius 2 is 1.82 bits per heavy atom. The molecule has 0 saturated heterocycles. The average Bonchev–Trinajstić information content (AvgIpc) is 1.97. The Labute approximate surface area is 71.0 Å². The van der Waals surface area contributed by atoms with Crippen LogP contribution in [0.3, 0.4) is 0 Å². The highest BCUT2D eigenvalue weighted by Gasteiger charge is 1.95. The molecule has 0 aromatic carbocycles. The molecule has 0 nitrogen and oxygen atoms in total. The van der Waals surface area contributed by atoms with E-state index in [0.717, 1.165) is 12.8 Å². The van der Waals surface area contributed by atoms with Crippen molar-refractivity contribution in [3.05, 3.63) is 23.8 Å². The average molecular weight is 152 g/mol. The minimum absolute atomic E-state index is 0.665. The first-order valence-electron chi connectivity index (χ1n) is 4.58. The fourth-order valence-electron chi connectivity index (χ4n) is 0.986. The standard InChI is InChI=1S/C11H20/c1-5-7-9-11(8-6-2)10(3)4/h7-10H,5-6H2,1-4H3/b9-7-,11-8-. The molecule has 0 rings (SSSR count). The summed E-state index contributed by atoms with van der Waals surface area (Å²) in [5.74, 6) is 0.665. The van der Waals surface area contributed by atoms with Gasteiger partial charge < -0.3 is 0 Å². The number of rotatable bonds is 4. The first kappa shape index (κ1) is 10.5. The van der Waals surface area contributed by atoms with Gasteiger partial charge in [-0.1, -0.05) is 45.9 Å². The van der Waals surface area contributed by atoms with Crippen LogP contribution in [0.25, 0.3) is 0 Å². The third-order valence-corrected chi connectivity index (χ3v) is 1.65. The normalized spacial score (nSPS) is 13.4. The molecule has 0 fully saturated rings. The van der Waals surface area contributed by atoms with Crippen molar-refractivity contribution >= 4 is 0 Å². The zero-order chi connectivity index (χ0) is 8.69. The van der Waals surface area contributed by atoms with Gasteiger partial charge in [0.15, 0.2) is 0 Å². The van der Waals surface area contributed by atoms with Crippen LogP contribution in [0.15, 0.2) is 23.8 Å². The summed E-state index contributed by atoms with van der Waals surface area (Å²) in [7, 11) is 0. The van der Waals surface area contributed by atoms with E-state index in [-0.39, 0.29) is 0 Å². The lowest BCUT2D eigenvalue weighted by atomic mass is 10.0. The van der Waals surface area contributed by atoms with Crippen LogP contribution in [0.2, 0.25) is 0 Å². The predicted octanol–water partition coefficient (Wildman–Crippen LogP) is 3.95. The maximum atomic E-state index is 2.30. The summed E-state index contributed by atoms with van der Waals surface area (Å²) < 4.78 is 0. The SMILES string of the molecule is CC/C=C\C(=C\CC)C(C)C. The highest BCUT2D eigenvalue weighted by Crippen LogP contribution is 2.11. The van der Waals surface area contributed by atoms with Crippen LogP contribution >= 0.6 is 0 Å². The van der Waals surface area contributed by atoms with Crippen molar-refractivity contribution in [1.82, 2.24) is 0 Å². The van der Waals surface area contributed by atoms with Crippen LogP contribution in [-0.2, 0) is 0 Å². The summed E-state index contributed by atoms with van der Waals surface area (Å²) in [4.78, 5) is 0. The molecule has 0 heterocycles. The summed E-state index contributed by atoms with van der Waals surface area (Å²) in [5.41, 5.74) is 1.47. The second kappa shape index (κ2) is 6.21. The Kier molecular flexibility index (Phi) is 5.91. The van der Waals surface area contributed by atoms with Gasteiger partial charge in [-0.3, -0.25) is 0 Å². The first-order valence-corrected chi connectivity index (χ1v) is 4.58. The van der Waals surface area contributed by atoms with E-state index in [4.69, 9.17) is 0 Å². The topological polar surface area (TPSA) is 0 Å². The van der Waals surface area contributed by atoms with Crippen molar-refractivity contribution in [2.45, 2.75) is 40.5 Å². The largest absolute Gasteiger partial charge is 0.0845 e. The van der Waals surface area contributed by atoms with Gasteiger partial charge in [0, 0.05) is 0 Å². The zero-order valence-electron chi connectivity index (χ0n) is 8.22. The summed E-state index contributed by atoms with van der Waals surface area (Å²) in [6.45, 7) is 8.82. The molecule has 0 saturated carbocycles. The fourth-order valence-corrected chi connectivity index (χ4v) is 0.986. The van der Waals surface area contributed by atoms with E-state index in [1.54, 1.807) is 0 Å². The Balaban J connectivity index is 4.11. The quantitative estimate of drug-likeness (QED) is 0.535. The molecule has 0 atom stereocenters. The van der Waals surface area contributed by atoms with Crippen LogP contribution in [0, 0.1) is 5.92 Å². The Bertz CT molecular complexity index is 138. The van der Waals surface area contributed by atoms with E-state index in [1.807, 2.05) is 0 Å². The summed E-state index contributed by atoms with van der Waals surface area (Å²) in [6, 6.07) is 0. The number of hydrogen-bond donors (Lipinski definition) is 0. The second-order valence-corrected chi connectivity index (χ2v) is 3.08. The van der Waals surface area contributed by atoms with Crippen LogP contribution < -0.4 is 0 Å². The maximum absolute atomic E-state index is 2.30. The Hall–Kier alpha value is -0.520. The number of allylic oxidation sites excluding steroid dienone is 4. The van der Waals surface area contributed by atoms with Crippen LogP contribution in [0.4, 0.5) is 0 Å². The molecule has 0 radical (unpaired) electrons. The van der Waals surface area contributed by atoms with E-state index in [1.165, 1.54) is 5.57 Å². The van der Waals surface area contributed by atoms with E-state index >= 15 is 0 Å². The van der Waals surface area contributed by atoms with E-state index in [9.17, 15) is 0 Å².